The van der Waals surface area contributed by atoms with E-state index < -0.39 is 0 Å². The van der Waals surface area contributed by atoms with E-state index in [1.807, 2.05) is 0 Å². The van der Waals surface area contributed by atoms with E-state index in [4.69, 9.17) is 11.6 Å². The van der Waals surface area contributed by atoms with Crippen LogP contribution in [0.2, 0.25) is 5.02 Å². The van der Waals surface area contributed by atoms with Crippen LogP contribution in [0.4, 0.5) is 5.95 Å². The SMILES string of the molecule is CC[C@@H]1C[C@H]1Nc1ncc(Cl)cn1. The topological polar surface area (TPSA) is 37.8 Å². The van der Waals surface area contributed by atoms with Crippen molar-refractivity contribution in [1.82, 2.24) is 9.97 Å². The van der Waals surface area contributed by atoms with Crippen LogP contribution in [0.5, 0.6) is 0 Å². The summed E-state index contributed by atoms with van der Waals surface area (Å²) in [5, 5.41) is 3.84. The maximum atomic E-state index is 5.67. The lowest BCUT2D eigenvalue weighted by Crippen LogP contribution is -2.07. The Morgan fingerprint density at radius 3 is 2.77 bits per heavy atom. The molecule has 1 N–H and O–H groups in total. The lowest BCUT2D eigenvalue weighted by molar-refractivity contribution is 0.771. The molecular formula is C9H12ClN3. The van der Waals surface area contributed by atoms with Crippen molar-refractivity contribution in [3.63, 3.8) is 0 Å². The number of hydrogen-bond donors (Lipinski definition) is 1. The van der Waals surface area contributed by atoms with Crippen molar-refractivity contribution in [2.24, 2.45) is 5.92 Å². The van der Waals surface area contributed by atoms with Crippen molar-refractivity contribution in [3.8, 4) is 0 Å². The normalized spacial score (nSPS) is 25.7. The van der Waals surface area contributed by atoms with Crippen molar-refractivity contribution >= 4 is 17.5 Å². The molecule has 0 radical (unpaired) electrons. The van der Waals surface area contributed by atoms with Gasteiger partial charge >= 0.3 is 0 Å². The molecule has 0 saturated heterocycles. The predicted octanol–water partition coefficient (Wildman–Crippen LogP) is 2.34. The van der Waals surface area contributed by atoms with E-state index >= 15 is 0 Å². The summed E-state index contributed by atoms with van der Waals surface area (Å²) in [6, 6.07) is 0.575. The van der Waals surface area contributed by atoms with Gasteiger partial charge in [0.1, 0.15) is 0 Å². The van der Waals surface area contributed by atoms with Crippen molar-refractivity contribution in [2.75, 3.05) is 5.32 Å². The van der Waals surface area contributed by atoms with Gasteiger partial charge in [0.2, 0.25) is 5.95 Å². The molecule has 1 saturated carbocycles. The predicted molar refractivity (Wildman–Crippen MR) is 52.9 cm³/mol. The monoisotopic (exact) mass is 197 g/mol. The van der Waals surface area contributed by atoms with Gasteiger partial charge in [0.25, 0.3) is 0 Å². The molecule has 0 aliphatic heterocycles. The van der Waals surface area contributed by atoms with E-state index in [1.165, 1.54) is 12.8 Å². The third-order valence-electron chi connectivity index (χ3n) is 2.38. The number of nitrogens with zero attached hydrogens (tertiary/aromatic N) is 2. The highest BCUT2D eigenvalue weighted by Gasteiger charge is 2.35. The number of aromatic nitrogens is 2. The molecule has 1 aliphatic rings. The summed E-state index contributed by atoms with van der Waals surface area (Å²) in [7, 11) is 0. The maximum absolute atomic E-state index is 5.67. The van der Waals surface area contributed by atoms with Crippen LogP contribution < -0.4 is 5.32 Å². The minimum atomic E-state index is 0.575. The molecule has 0 amide bonds. The molecule has 0 aromatic carbocycles. The molecule has 2 rings (SSSR count). The number of rotatable bonds is 3. The first-order valence-corrected chi connectivity index (χ1v) is 4.91. The minimum absolute atomic E-state index is 0.575. The highest BCUT2D eigenvalue weighted by molar-refractivity contribution is 6.30. The molecular weight excluding hydrogens is 186 g/mol. The minimum Gasteiger partial charge on any atom is -0.351 e. The van der Waals surface area contributed by atoms with Gasteiger partial charge in [0.15, 0.2) is 0 Å². The summed E-state index contributed by atoms with van der Waals surface area (Å²) in [6.07, 6.45) is 5.69. The fraction of sp³-hybridized carbons (Fsp3) is 0.556. The summed E-state index contributed by atoms with van der Waals surface area (Å²) in [5.41, 5.74) is 0. The Balaban J connectivity index is 1.92. The molecule has 13 heavy (non-hydrogen) atoms. The Morgan fingerprint density at radius 2 is 2.23 bits per heavy atom. The van der Waals surface area contributed by atoms with Crippen molar-refractivity contribution in [2.45, 2.75) is 25.8 Å². The number of anilines is 1. The summed E-state index contributed by atoms with van der Waals surface area (Å²) < 4.78 is 0. The van der Waals surface area contributed by atoms with Crippen molar-refractivity contribution < 1.29 is 0 Å². The largest absolute Gasteiger partial charge is 0.351 e. The van der Waals surface area contributed by atoms with Gasteiger partial charge in [-0.1, -0.05) is 24.9 Å². The van der Waals surface area contributed by atoms with Crippen LogP contribution in [0.1, 0.15) is 19.8 Å². The highest BCUT2D eigenvalue weighted by Crippen LogP contribution is 2.35. The van der Waals surface area contributed by atoms with Crippen LogP contribution in [0.25, 0.3) is 0 Å². The van der Waals surface area contributed by atoms with Crippen molar-refractivity contribution in [1.29, 1.82) is 0 Å². The van der Waals surface area contributed by atoms with Crippen LogP contribution in [-0.2, 0) is 0 Å². The Kier molecular flexibility index (Phi) is 2.36. The first kappa shape index (κ1) is 8.75. The molecule has 70 valence electrons. The van der Waals surface area contributed by atoms with Gasteiger partial charge in [-0.3, -0.25) is 0 Å². The van der Waals surface area contributed by atoms with Gasteiger partial charge in [-0.15, -0.1) is 0 Å². The number of nitrogens with one attached hydrogen (secondary N) is 1. The molecule has 1 aliphatic carbocycles. The van der Waals surface area contributed by atoms with E-state index in [1.54, 1.807) is 12.4 Å². The third-order valence-corrected chi connectivity index (χ3v) is 2.58. The van der Waals surface area contributed by atoms with Gasteiger partial charge < -0.3 is 5.32 Å². The van der Waals surface area contributed by atoms with Gasteiger partial charge in [0.05, 0.1) is 17.4 Å². The average Bonchev–Trinajstić information content (AvgIpc) is 2.88. The first-order chi connectivity index (χ1) is 6.29. The zero-order valence-corrected chi connectivity index (χ0v) is 8.25. The molecule has 0 bridgehead atoms. The maximum Gasteiger partial charge on any atom is 0.222 e. The van der Waals surface area contributed by atoms with Gasteiger partial charge in [0, 0.05) is 6.04 Å². The average molecular weight is 198 g/mol. The van der Waals surface area contributed by atoms with Gasteiger partial charge in [-0.05, 0) is 12.3 Å². The lowest BCUT2D eigenvalue weighted by Gasteiger charge is -2.01. The number of hydrogen-bond acceptors (Lipinski definition) is 3. The molecule has 1 fully saturated rings. The second-order valence-corrected chi connectivity index (χ2v) is 3.82. The van der Waals surface area contributed by atoms with Crippen LogP contribution in [0.15, 0.2) is 12.4 Å². The summed E-state index contributed by atoms with van der Waals surface area (Å²) in [4.78, 5) is 8.15. The Bertz CT molecular complexity index is 285. The molecule has 1 heterocycles. The summed E-state index contributed by atoms with van der Waals surface area (Å²) in [5.74, 6) is 1.49. The van der Waals surface area contributed by atoms with E-state index in [-0.39, 0.29) is 0 Å². The summed E-state index contributed by atoms with van der Waals surface area (Å²) in [6.45, 7) is 2.20. The van der Waals surface area contributed by atoms with E-state index in [0.29, 0.717) is 17.0 Å². The molecule has 2 atom stereocenters. The van der Waals surface area contributed by atoms with E-state index in [9.17, 15) is 0 Å². The molecule has 4 heteroatoms. The summed E-state index contributed by atoms with van der Waals surface area (Å²) >= 11 is 5.67. The Labute approximate surface area is 82.5 Å². The molecule has 0 unspecified atom stereocenters. The molecule has 0 spiro atoms. The smallest absolute Gasteiger partial charge is 0.222 e. The quantitative estimate of drug-likeness (QED) is 0.809. The number of halogens is 1. The van der Waals surface area contributed by atoms with Crippen molar-refractivity contribution in [3.05, 3.63) is 17.4 Å². The van der Waals surface area contributed by atoms with Crippen LogP contribution >= 0.6 is 11.6 Å². The fourth-order valence-electron chi connectivity index (χ4n) is 1.43. The van der Waals surface area contributed by atoms with Crippen LogP contribution in [0.3, 0.4) is 0 Å². The third kappa shape index (κ3) is 2.10. The molecule has 1 aromatic heterocycles. The second-order valence-electron chi connectivity index (χ2n) is 3.38. The molecule has 3 nitrogen and oxygen atoms in total. The van der Waals surface area contributed by atoms with Crippen LogP contribution in [-0.4, -0.2) is 16.0 Å². The lowest BCUT2D eigenvalue weighted by atomic mass is 10.3. The standard InChI is InChI=1S/C9H12ClN3/c1-2-6-3-8(6)13-9-11-4-7(10)5-12-9/h4-6,8H,2-3H2,1H3,(H,11,12,13)/t6-,8-/m1/s1. The Morgan fingerprint density at radius 1 is 1.54 bits per heavy atom. The fourth-order valence-corrected chi connectivity index (χ4v) is 1.53. The highest BCUT2D eigenvalue weighted by atomic mass is 35.5. The van der Waals surface area contributed by atoms with Gasteiger partial charge in [-0.2, -0.15) is 0 Å². The first-order valence-electron chi connectivity index (χ1n) is 4.53. The van der Waals surface area contributed by atoms with E-state index in [2.05, 4.69) is 22.2 Å². The second kappa shape index (κ2) is 3.50. The molecule has 1 aromatic rings. The van der Waals surface area contributed by atoms with E-state index in [0.717, 1.165) is 5.92 Å². The van der Waals surface area contributed by atoms with Crippen LogP contribution in [0, 0.1) is 5.92 Å². The zero-order chi connectivity index (χ0) is 9.26. The Hall–Kier alpha value is -0.830. The zero-order valence-electron chi connectivity index (χ0n) is 7.50. The van der Waals surface area contributed by atoms with Gasteiger partial charge in [-0.25, -0.2) is 9.97 Å².